The van der Waals surface area contributed by atoms with E-state index in [4.69, 9.17) is 4.74 Å². The van der Waals surface area contributed by atoms with Crippen molar-refractivity contribution in [1.29, 1.82) is 0 Å². The number of nitrogens with zero attached hydrogens (tertiary/aromatic N) is 1. The van der Waals surface area contributed by atoms with Crippen molar-refractivity contribution in [2.45, 2.75) is 26.2 Å². The molecule has 0 aromatic heterocycles. The zero-order chi connectivity index (χ0) is 18.2. The Morgan fingerprint density at radius 1 is 1.04 bits per heavy atom. The summed E-state index contributed by atoms with van der Waals surface area (Å²) in [5, 5.41) is 0. The van der Waals surface area contributed by atoms with Crippen LogP contribution in [0, 0.1) is 6.92 Å². The summed E-state index contributed by atoms with van der Waals surface area (Å²) in [6.07, 6.45) is 4.58. The third kappa shape index (κ3) is 5.79. The third-order valence-corrected chi connectivity index (χ3v) is 4.19. The molecule has 0 heterocycles. The predicted octanol–water partition coefficient (Wildman–Crippen LogP) is 4.89. The lowest BCUT2D eigenvalue weighted by atomic mass is 10.1. The van der Waals surface area contributed by atoms with Crippen molar-refractivity contribution in [3.8, 4) is 5.75 Å². The number of anilines is 1. The molecule has 2 aromatic carbocycles. The summed E-state index contributed by atoms with van der Waals surface area (Å²) < 4.78 is 5.13. The summed E-state index contributed by atoms with van der Waals surface area (Å²) in [7, 11) is 5.74. The number of rotatable bonds is 3. The normalized spacial score (nSPS) is 14.9. The smallest absolute Gasteiger partial charge is 0.158 e. The van der Waals surface area contributed by atoms with E-state index in [1.165, 1.54) is 11.3 Å². The lowest BCUT2D eigenvalue weighted by molar-refractivity contribution is -0.114. The van der Waals surface area contributed by atoms with Crippen molar-refractivity contribution in [3.05, 3.63) is 65.2 Å². The minimum Gasteiger partial charge on any atom is -0.497 e. The van der Waals surface area contributed by atoms with Crippen LogP contribution >= 0.6 is 0 Å². The van der Waals surface area contributed by atoms with E-state index in [9.17, 15) is 4.79 Å². The highest BCUT2D eigenvalue weighted by Gasteiger charge is 2.16. The van der Waals surface area contributed by atoms with Crippen molar-refractivity contribution in [3.63, 3.8) is 0 Å². The molecule has 1 fully saturated rings. The SMILES string of the molecule is COc1cccc(C=C2CCCC2=O)c1.Cc1ccc(N(C)C)cc1. The van der Waals surface area contributed by atoms with Gasteiger partial charge in [-0.3, -0.25) is 4.79 Å². The Morgan fingerprint density at radius 2 is 1.76 bits per heavy atom. The van der Waals surface area contributed by atoms with Gasteiger partial charge in [0.2, 0.25) is 0 Å². The van der Waals surface area contributed by atoms with Crippen molar-refractivity contribution in [1.82, 2.24) is 0 Å². The highest BCUT2D eigenvalue weighted by Crippen LogP contribution is 2.24. The molecule has 0 aliphatic heterocycles. The molecule has 0 saturated heterocycles. The summed E-state index contributed by atoms with van der Waals surface area (Å²) in [4.78, 5) is 13.5. The van der Waals surface area contributed by atoms with E-state index in [1.807, 2.05) is 44.4 Å². The maximum absolute atomic E-state index is 11.4. The molecule has 3 nitrogen and oxygen atoms in total. The Hall–Kier alpha value is -2.55. The van der Waals surface area contributed by atoms with Gasteiger partial charge in [0.1, 0.15) is 5.75 Å². The van der Waals surface area contributed by atoms with Crippen LogP contribution in [-0.2, 0) is 4.79 Å². The van der Waals surface area contributed by atoms with E-state index in [0.29, 0.717) is 6.42 Å². The summed E-state index contributed by atoms with van der Waals surface area (Å²) in [5.41, 5.74) is 4.55. The molecule has 0 radical (unpaired) electrons. The predicted molar refractivity (Wildman–Crippen MR) is 105 cm³/mol. The monoisotopic (exact) mass is 337 g/mol. The highest BCUT2D eigenvalue weighted by atomic mass is 16.5. The number of aryl methyl sites for hydroxylation is 1. The molecule has 132 valence electrons. The Balaban J connectivity index is 0.000000196. The fourth-order valence-corrected chi connectivity index (χ4v) is 2.67. The lowest BCUT2D eigenvalue weighted by Crippen LogP contribution is -2.07. The van der Waals surface area contributed by atoms with Crippen LogP contribution in [0.4, 0.5) is 5.69 Å². The number of methoxy groups -OCH3 is 1. The van der Waals surface area contributed by atoms with Gasteiger partial charge in [0, 0.05) is 26.2 Å². The molecule has 2 aromatic rings. The largest absolute Gasteiger partial charge is 0.497 e. The minimum absolute atomic E-state index is 0.290. The average Bonchev–Trinajstić information content (AvgIpc) is 3.01. The second-order valence-electron chi connectivity index (χ2n) is 6.45. The molecule has 1 aliphatic rings. The highest BCUT2D eigenvalue weighted by molar-refractivity contribution is 6.01. The Morgan fingerprint density at radius 3 is 2.32 bits per heavy atom. The molecule has 0 atom stereocenters. The standard InChI is InChI=1S/C13H14O2.C9H13N/c1-15-12-6-2-4-10(9-12)8-11-5-3-7-13(11)14;1-8-4-6-9(7-5-8)10(2)3/h2,4,6,8-9H,3,5,7H2,1H3;4-7H,1-3H3. The summed E-state index contributed by atoms with van der Waals surface area (Å²) >= 11 is 0. The second-order valence-corrected chi connectivity index (χ2v) is 6.45. The Kier molecular flexibility index (Phi) is 6.81. The van der Waals surface area contributed by atoms with Gasteiger partial charge >= 0.3 is 0 Å². The van der Waals surface area contributed by atoms with Gasteiger partial charge in [0.05, 0.1) is 7.11 Å². The molecule has 0 spiro atoms. The molecule has 0 unspecified atom stereocenters. The van der Waals surface area contributed by atoms with E-state index in [1.54, 1.807) is 7.11 Å². The molecule has 0 N–H and O–H groups in total. The number of carbonyl (C=O) groups excluding carboxylic acids is 1. The summed E-state index contributed by atoms with van der Waals surface area (Å²) in [5.74, 6) is 1.12. The van der Waals surface area contributed by atoms with Crippen LogP contribution < -0.4 is 9.64 Å². The third-order valence-electron chi connectivity index (χ3n) is 4.19. The van der Waals surface area contributed by atoms with Gasteiger partial charge in [-0.25, -0.2) is 0 Å². The molecule has 3 heteroatoms. The van der Waals surface area contributed by atoms with Crippen molar-refractivity contribution in [2.24, 2.45) is 0 Å². The molecule has 1 aliphatic carbocycles. The van der Waals surface area contributed by atoms with E-state index < -0.39 is 0 Å². The van der Waals surface area contributed by atoms with Crippen LogP contribution in [0.1, 0.15) is 30.4 Å². The Labute approximate surface area is 150 Å². The van der Waals surface area contributed by atoms with E-state index in [0.717, 1.165) is 29.7 Å². The minimum atomic E-state index is 0.290. The van der Waals surface area contributed by atoms with E-state index in [-0.39, 0.29) is 5.78 Å². The second kappa shape index (κ2) is 9.07. The van der Waals surface area contributed by atoms with Gasteiger partial charge in [-0.1, -0.05) is 29.8 Å². The van der Waals surface area contributed by atoms with Gasteiger partial charge in [-0.15, -0.1) is 0 Å². The average molecular weight is 337 g/mol. The van der Waals surface area contributed by atoms with Gasteiger partial charge < -0.3 is 9.64 Å². The van der Waals surface area contributed by atoms with E-state index in [2.05, 4.69) is 36.1 Å². The number of ether oxygens (including phenoxy) is 1. The number of allylic oxidation sites excluding steroid dienone is 1. The van der Waals surface area contributed by atoms with Gasteiger partial charge in [0.15, 0.2) is 5.78 Å². The molecule has 1 saturated carbocycles. The first-order valence-electron chi connectivity index (χ1n) is 8.61. The number of ketones is 1. The maximum atomic E-state index is 11.4. The van der Waals surface area contributed by atoms with Crippen LogP contribution in [0.15, 0.2) is 54.1 Å². The van der Waals surface area contributed by atoms with Gasteiger partial charge in [-0.05, 0) is 61.2 Å². The van der Waals surface area contributed by atoms with Crippen LogP contribution in [0.25, 0.3) is 6.08 Å². The van der Waals surface area contributed by atoms with Crippen molar-refractivity contribution < 1.29 is 9.53 Å². The molecule has 0 amide bonds. The number of carbonyl (C=O) groups is 1. The first-order chi connectivity index (χ1) is 12.0. The summed E-state index contributed by atoms with van der Waals surface area (Å²) in [6, 6.07) is 16.2. The first kappa shape index (κ1) is 18.8. The lowest BCUT2D eigenvalue weighted by Gasteiger charge is -2.11. The fourth-order valence-electron chi connectivity index (χ4n) is 2.67. The Bertz CT molecular complexity index is 730. The van der Waals surface area contributed by atoms with Gasteiger partial charge in [0.25, 0.3) is 0 Å². The van der Waals surface area contributed by atoms with Crippen LogP contribution in [-0.4, -0.2) is 27.0 Å². The van der Waals surface area contributed by atoms with Crippen LogP contribution in [0.3, 0.4) is 0 Å². The first-order valence-corrected chi connectivity index (χ1v) is 8.61. The molecular weight excluding hydrogens is 310 g/mol. The molecule has 0 bridgehead atoms. The van der Waals surface area contributed by atoms with Crippen molar-refractivity contribution >= 4 is 17.5 Å². The molecular formula is C22H27NO2. The summed E-state index contributed by atoms with van der Waals surface area (Å²) in [6.45, 7) is 2.10. The zero-order valence-electron chi connectivity index (χ0n) is 15.6. The van der Waals surface area contributed by atoms with E-state index >= 15 is 0 Å². The van der Waals surface area contributed by atoms with Crippen molar-refractivity contribution in [2.75, 3.05) is 26.1 Å². The molecule has 25 heavy (non-hydrogen) atoms. The maximum Gasteiger partial charge on any atom is 0.158 e. The van der Waals surface area contributed by atoms with Gasteiger partial charge in [-0.2, -0.15) is 0 Å². The number of hydrogen-bond donors (Lipinski definition) is 0. The number of Topliss-reactive ketones (excluding diaryl/α,β-unsaturated/α-hetero) is 1. The molecule has 3 rings (SSSR count). The number of hydrogen-bond acceptors (Lipinski definition) is 3. The topological polar surface area (TPSA) is 29.5 Å². The fraction of sp³-hybridized carbons (Fsp3) is 0.318. The zero-order valence-corrected chi connectivity index (χ0v) is 15.6. The number of benzene rings is 2. The van der Waals surface area contributed by atoms with Crippen LogP contribution in [0.2, 0.25) is 0 Å². The quantitative estimate of drug-likeness (QED) is 0.747. The van der Waals surface area contributed by atoms with Crippen LogP contribution in [0.5, 0.6) is 5.75 Å².